The second kappa shape index (κ2) is 10.3. The summed E-state index contributed by atoms with van der Waals surface area (Å²) in [4.78, 5) is 16.4. The van der Waals surface area contributed by atoms with E-state index in [0.29, 0.717) is 19.0 Å². The van der Waals surface area contributed by atoms with Crippen LogP contribution in [-0.2, 0) is 17.9 Å². The van der Waals surface area contributed by atoms with E-state index in [1.807, 2.05) is 12.1 Å². The van der Waals surface area contributed by atoms with E-state index in [1.165, 1.54) is 19.3 Å². The fraction of sp³-hybridized carbons (Fsp3) is 0.667. The molecule has 1 aromatic rings. The van der Waals surface area contributed by atoms with Crippen LogP contribution in [-0.4, -0.2) is 10.9 Å². The molecule has 0 bridgehead atoms. The fourth-order valence-electron chi connectivity index (χ4n) is 2.75. The Morgan fingerprint density at radius 1 is 1.41 bits per heavy atom. The van der Waals surface area contributed by atoms with Gasteiger partial charge < -0.3 is 11.1 Å². The standard InChI is InChI=1S/C15H23N3O.C3H8/c1-11-3-2-4-13(7-11)15(19)18-10-14-8-12(9-16)5-6-17-14;1-3-2/h5-6,8,11,13H,2-4,7,9-10,16H2,1H3,(H,18,19);3H2,1-2H3. The molecule has 1 aliphatic carbocycles. The minimum Gasteiger partial charge on any atom is -0.350 e. The Morgan fingerprint density at radius 2 is 2.14 bits per heavy atom. The summed E-state index contributed by atoms with van der Waals surface area (Å²) in [6.45, 7) is 7.48. The number of nitrogens with one attached hydrogen (secondary N) is 1. The molecular formula is C18H31N3O. The number of pyridine rings is 1. The van der Waals surface area contributed by atoms with Gasteiger partial charge in [-0.15, -0.1) is 0 Å². The molecule has 2 atom stereocenters. The largest absolute Gasteiger partial charge is 0.350 e. The van der Waals surface area contributed by atoms with Crippen molar-refractivity contribution in [1.29, 1.82) is 0 Å². The highest BCUT2D eigenvalue weighted by atomic mass is 16.1. The van der Waals surface area contributed by atoms with Crippen molar-refractivity contribution >= 4 is 5.91 Å². The first-order chi connectivity index (χ1) is 10.6. The third-order valence-corrected chi connectivity index (χ3v) is 3.87. The SMILES string of the molecule is CC1CCCC(C(=O)NCc2cc(CN)ccn2)C1.CCC. The predicted octanol–water partition coefficient (Wildman–Crippen LogP) is 3.40. The minimum absolute atomic E-state index is 0.173. The summed E-state index contributed by atoms with van der Waals surface area (Å²) in [5.74, 6) is 1.02. The first kappa shape index (κ1) is 18.6. The van der Waals surface area contributed by atoms with E-state index >= 15 is 0 Å². The molecule has 0 saturated heterocycles. The number of nitrogens with zero attached hydrogens (tertiary/aromatic N) is 1. The Bertz CT molecular complexity index is 448. The monoisotopic (exact) mass is 305 g/mol. The number of amides is 1. The number of rotatable bonds is 4. The summed E-state index contributed by atoms with van der Waals surface area (Å²) in [6, 6.07) is 3.85. The molecule has 1 amide bonds. The van der Waals surface area contributed by atoms with Crippen LogP contribution >= 0.6 is 0 Å². The van der Waals surface area contributed by atoms with Crippen LogP contribution in [0.4, 0.5) is 0 Å². The van der Waals surface area contributed by atoms with Gasteiger partial charge in [0.25, 0.3) is 0 Å². The fourth-order valence-corrected chi connectivity index (χ4v) is 2.75. The van der Waals surface area contributed by atoms with E-state index in [-0.39, 0.29) is 11.8 Å². The van der Waals surface area contributed by atoms with E-state index < -0.39 is 0 Å². The van der Waals surface area contributed by atoms with Crippen LogP contribution in [0.5, 0.6) is 0 Å². The zero-order valence-corrected chi connectivity index (χ0v) is 14.3. The minimum atomic E-state index is 0.173. The molecule has 0 radical (unpaired) electrons. The Hall–Kier alpha value is -1.42. The smallest absolute Gasteiger partial charge is 0.223 e. The number of hydrogen-bond donors (Lipinski definition) is 2. The molecule has 0 spiro atoms. The summed E-state index contributed by atoms with van der Waals surface area (Å²) >= 11 is 0. The second-order valence-electron chi connectivity index (χ2n) is 6.25. The van der Waals surface area contributed by atoms with Gasteiger partial charge in [0, 0.05) is 18.7 Å². The molecule has 1 aromatic heterocycles. The normalized spacial score (nSPS) is 20.7. The van der Waals surface area contributed by atoms with Gasteiger partial charge in [-0.3, -0.25) is 9.78 Å². The molecule has 124 valence electrons. The highest BCUT2D eigenvalue weighted by Crippen LogP contribution is 2.28. The number of carbonyl (C=O) groups is 1. The Morgan fingerprint density at radius 3 is 2.77 bits per heavy atom. The summed E-state index contributed by atoms with van der Waals surface area (Å²) in [7, 11) is 0. The molecule has 0 aliphatic heterocycles. The molecule has 0 aromatic carbocycles. The molecule has 4 heteroatoms. The lowest BCUT2D eigenvalue weighted by Crippen LogP contribution is -2.33. The molecule has 1 aliphatic rings. The van der Waals surface area contributed by atoms with Crippen molar-refractivity contribution in [2.45, 2.75) is 66.0 Å². The van der Waals surface area contributed by atoms with E-state index in [1.54, 1.807) is 6.20 Å². The number of hydrogen-bond acceptors (Lipinski definition) is 3. The maximum absolute atomic E-state index is 12.1. The molecular weight excluding hydrogens is 274 g/mol. The number of nitrogens with two attached hydrogens (primary N) is 1. The van der Waals surface area contributed by atoms with Gasteiger partial charge in [-0.05, 0) is 36.5 Å². The van der Waals surface area contributed by atoms with Gasteiger partial charge >= 0.3 is 0 Å². The first-order valence-corrected chi connectivity index (χ1v) is 8.52. The van der Waals surface area contributed by atoms with Crippen LogP contribution in [0, 0.1) is 11.8 Å². The number of carbonyl (C=O) groups excluding carboxylic acids is 1. The van der Waals surface area contributed by atoms with Crippen molar-refractivity contribution < 1.29 is 4.79 Å². The first-order valence-electron chi connectivity index (χ1n) is 8.52. The summed E-state index contributed by atoms with van der Waals surface area (Å²) < 4.78 is 0. The average Bonchev–Trinajstić information content (AvgIpc) is 2.53. The summed E-state index contributed by atoms with van der Waals surface area (Å²) in [5, 5.41) is 3.00. The van der Waals surface area contributed by atoms with Crippen molar-refractivity contribution in [2.24, 2.45) is 17.6 Å². The Labute approximate surface area is 134 Å². The Balaban J connectivity index is 0.000000745. The lowest BCUT2D eigenvalue weighted by atomic mass is 9.82. The van der Waals surface area contributed by atoms with E-state index in [4.69, 9.17) is 5.73 Å². The third kappa shape index (κ3) is 6.56. The topological polar surface area (TPSA) is 68.0 Å². The lowest BCUT2D eigenvalue weighted by molar-refractivity contribution is -0.126. The van der Waals surface area contributed by atoms with Crippen molar-refractivity contribution in [3.05, 3.63) is 29.6 Å². The number of aromatic nitrogens is 1. The van der Waals surface area contributed by atoms with Crippen LogP contribution in [0.15, 0.2) is 18.3 Å². The van der Waals surface area contributed by atoms with Gasteiger partial charge in [0.05, 0.1) is 12.2 Å². The maximum Gasteiger partial charge on any atom is 0.223 e. The van der Waals surface area contributed by atoms with Crippen LogP contribution in [0.2, 0.25) is 0 Å². The highest BCUT2D eigenvalue weighted by Gasteiger charge is 2.24. The summed E-state index contributed by atoms with van der Waals surface area (Å²) in [6.07, 6.45) is 7.45. The van der Waals surface area contributed by atoms with Crippen LogP contribution in [0.25, 0.3) is 0 Å². The molecule has 22 heavy (non-hydrogen) atoms. The molecule has 1 saturated carbocycles. The molecule has 3 N–H and O–H groups in total. The van der Waals surface area contributed by atoms with Crippen LogP contribution in [0.1, 0.15) is 64.1 Å². The van der Waals surface area contributed by atoms with Gasteiger partial charge in [0.15, 0.2) is 0 Å². The van der Waals surface area contributed by atoms with Gasteiger partial charge in [-0.2, -0.15) is 0 Å². The van der Waals surface area contributed by atoms with Crippen molar-refractivity contribution in [2.75, 3.05) is 0 Å². The van der Waals surface area contributed by atoms with Gasteiger partial charge in [-0.25, -0.2) is 0 Å². The molecule has 4 nitrogen and oxygen atoms in total. The van der Waals surface area contributed by atoms with Crippen molar-refractivity contribution in [3.8, 4) is 0 Å². The van der Waals surface area contributed by atoms with Crippen molar-refractivity contribution in [3.63, 3.8) is 0 Å². The zero-order chi connectivity index (χ0) is 16.4. The van der Waals surface area contributed by atoms with Crippen LogP contribution < -0.4 is 11.1 Å². The molecule has 2 unspecified atom stereocenters. The van der Waals surface area contributed by atoms with Gasteiger partial charge in [0.1, 0.15) is 0 Å². The predicted molar refractivity (Wildman–Crippen MR) is 91.1 cm³/mol. The third-order valence-electron chi connectivity index (χ3n) is 3.87. The van der Waals surface area contributed by atoms with Crippen LogP contribution in [0.3, 0.4) is 0 Å². The zero-order valence-electron chi connectivity index (χ0n) is 14.3. The molecule has 2 rings (SSSR count). The second-order valence-corrected chi connectivity index (χ2v) is 6.25. The van der Waals surface area contributed by atoms with Gasteiger partial charge in [-0.1, -0.05) is 40.0 Å². The Kier molecular flexibility index (Phi) is 8.75. The molecule has 1 fully saturated rings. The lowest BCUT2D eigenvalue weighted by Gasteiger charge is -2.25. The quantitative estimate of drug-likeness (QED) is 0.896. The van der Waals surface area contributed by atoms with Gasteiger partial charge in [0.2, 0.25) is 5.91 Å². The van der Waals surface area contributed by atoms with E-state index in [0.717, 1.165) is 24.1 Å². The van der Waals surface area contributed by atoms with E-state index in [9.17, 15) is 4.79 Å². The molecule has 1 heterocycles. The average molecular weight is 305 g/mol. The van der Waals surface area contributed by atoms with Crippen molar-refractivity contribution in [1.82, 2.24) is 10.3 Å². The maximum atomic E-state index is 12.1. The highest BCUT2D eigenvalue weighted by molar-refractivity contribution is 5.78. The summed E-state index contributed by atoms with van der Waals surface area (Å²) in [5.41, 5.74) is 7.51. The van der Waals surface area contributed by atoms with E-state index in [2.05, 4.69) is 31.1 Å².